The van der Waals surface area contributed by atoms with Gasteiger partial charge in [-0.1, -0.05) is 0 Å². The Kier molecular flexibility index (Phi) is 3.75. The van der Waals surface area contributed by atoms with Gasteiger partial charge < -0.3 is 20.1 Å². The Balaban J connectivity index is 2.61. The van der Waals surface area contributed by atoms with E-state index in [0.717, 1.165) is 15.6 Å². The minimum atomic E-state index is -1.13. The molecule has 1 amide bonds. The number of hydrogen-bond acceptors (Lipinski definition) is 5. The molecular weight excluding hydrogens is 232 g/mol. The summed E-state index contributed by atoms with van der Waals surface area (Å²) in [6, 6.07) is 1.16. The predicted molar refractivity (Wildman–Crippen MR) is 54.2 cm³/mol. The van der Waals surface area contributed by atoms with Crippen LogP contribution in [0.2, 0.25) is 0 Å². The van der Waals surface area contributed by atoms with E-state index >= 15 is 0 Å². The van der Waals surface area contributed by atoms with Gasteiger partial charge in [0, 0.05) is 7.05 Å². The molecule has 9 heteroatoms. The van der Waals surface area contributed by atoms with Crippen molar-refractivity contribution in [3.8, 4) is 0 Å². The molecule has 0 aromatic carbocycles. The standard InChI is InChI=1S/C8H10N4O5/c1-10(5-8(14)15)7(13)4-11-3-2-6(9-11)12(16)17/h2-3H,4-5H2,1H3,(H,14,15). The Morgan fingerprint density at radius 1 is 1.65 bits per heavy atom. The minimum absolute atomic E-state index is 0.238. The molecule has 0 aliphatic heterocycles. The van der Waals surface area contributed by atoms with E-state index in [1.165, 1.54) is 13.2 Å². The first-order valence-corrected chi connectivity index (χ1v) is 4.53. The topological polar surface area (TPSA) is 119 Å². The highest BCUT2D eigenvalue weighted by atomic mass is 16.6. The molecule has 0 aliphatic carbocycles. The number of carboxylic acids is 1. The summed E-state index contributed by atoms with van der Waals surface area (Å²) in [5.74, 6) is -1.99. The molecule has 0 fully saturated rings. The number of nitro groups is 1. The Hall–Kier alpha value is -2.45. The summed E-state index contributed by atoms with van der Waals surface area (Å²) in [5.41, 5.74) is 0. The number of hydrogen-bond donors (Lipinski definition) is 1. The molecule has 1 heterocycles. The van der Waals surface area contributed by atoms with Gasteiger partial charge in [0.05, 0.1) is 17.4 Å². The summed E-state index contributed by atoms with van der Waals surface area (Å²) < 4.78 is 1.08. The van der Waals surface area contributed by atoms with Gasteiger partial charge in [0.1, 0.15) is 13.1 Å². The van der Waals surface area contributed by atoms with Crippen LogP contribution >= 0.6 is 0 Å². The summed E-state index contributed by atoms with van der Waals surface area (Å²) in [5, 5.41) is 22.3. The van der Waals surface area contributed by atoms with Gasteiger partial charge in [0.15, 0.2) is 0 Å². The molecule has 9 nitrogen and oxygen atoms in total. The highest BCUT2D eigenvalue weighted by Crippen LogP contribution is 2.05. The van der Waals surface area contributed by atoms with Crippen LogP contribution in [-0.4, -0.2) is 50.2 Å². The van der Waals surface area contributed by atoms with Crippen LogP contribution in [0, 0.1) is 10.1 Å². The number of carboxylic acid groups (broad SMARTS) is 1. The lowest BCUT2D eigenvalue weighted by Gasteiger charge is -2.12. The number of carbonyl (C=O) groups is 2. The fraction of sp³-hybridized carbons (Fsp3) is 0.375. The molecule has 0 unspecified atom stereocenters. The van der Waals surface area contributed by atoms with Gasteiger partial charge in [-0.2, -0.15) is 4.68 Å². The molecular formula is C8H10N4O5. The lowest BCUT2D eigenvalue weighted by molar-refractivity contribution is -0.389. The lowest BCUT2D eigenvalue weighted by atomic mass is 10.5. The molecule has 0 saturated heterocycles. The number of aliphatic carboxylic acids is 1. The van der Waals surface area contributed by atoms with Crippen molar-refractivity contribution in [3.05, 3.63) is 22.4 Å². The second-order valence-electron chi connectivity index (χ2n) is 3.27. The van der Waals surface area contributed by atoms with Crippen molar-refractivity contribution in [2.45, 2.75) is 6.54 Å². The number of nitrogens with zero attached hydrogens (tertiary/aromatic N) is 4. The first-order chi connectivity index (χ1) is 7.90. The van der Waals surface area contributed by atoms with E-state index < -0.39 is 23.3 Å². The third-order valence-corrected chi connectivity index (χ3v) is 1.91. The molecule has 1 aromatic rings. The van der Waals surface area contributed by atoms with E-state index in [9.17, 15) is 19.7 Å². The normalized spacial score (nSPS) is 9.94. The van der Waals surface area contributed by atoms with Crippen molar-refractivity contribution >= 4 is 17.7 Å². The van der Waals surface area contributed by atoms with Crippen LogP contribution in [0.4, 0.5) is 5.82 Å². The van der Waals surface area contributed by atoms with Crippen molar-refractivity contribution in [2.75, 3.05) is 13.6 Å². The summed E-state index contributed by atoms with van der Waals surface area (Å²) in [7, 11) is 1.33. The summed E-state index contributed by atoms with van der Waals surface area (Å²) in [6.07, 6.45) is 1.28. The average molecular weight is 242 g/mol. The highest BCUT2D eigenvalue weighted by molar-refractivity contribution is 5.80. The summed E-state index contributed by atoms with van der Waals surface area (Å²) in [6.45, 7) is -0.667. The molecule has 1 rings (SSSR count). The number of amides is 1. The zero-order valence-electron chi connectivity index (χ0n) is 8.94. The average Bonchev–Trinajstić information content (AvgIpc) is 2.65. The van der Waals surface area contributed by atoms with Crippen molar-refractivity contribution in [2.24, 2.45) is 0 Å². The third kappa shape index (κ3) is 3.55. The van der Waals surface area contributed by atoms with Crippen LogP contribution < -0.4 is 0 Å². The maximum Gasteiger partial charge on any atom is 0.389 e. The van der Waals surface area contributed by atoms with E-state index in [2.05, 4.69) is 5.10 Å². The van der Waals surface area contributed by atoms with E-state index in [-0.39, 0.29) is 12.4 Å². The van der Waals surface area contributed by atoms with Crippen molar-refractivity contribution in [1.82, 2.24) is 14.7 Å². The van der Waals surface area contributed by atoms with Gasteiger partial charge in [-0.05, 0) is 4.92 Å². The molecule has 0 bridgehead atoms. The van der Waals surface area contributed by atoms with Crippen LogP contribution in [0.25, 0.3) is 0 Å². The lowest BCUT2D eigenvalue weighted by Crippen LogP contribution is -2.34. The Morgan fingerprint density at radius 3 is 2.76 bits per heavy atom. The molecule has 0 aliphatic rings. The van der Waals surface area contributed by atoms with E-state index in [1.807, 2.05) is 0 Å². The maximum atomic E-state index is 11.5. The molecule has 92 valence electrons. The van der Waals surface area contributed by atoms with Gasteiger partial charge in [0.2, 0.25) is 5.91 Å². The van der Waals surface area contributed by atoms with Crippen LogP contribution in [-0.2, 0) is 16.1 Å². The largest absolute Gasteiger partial charge is 0.480 e. The maximum absolute atomic E-state index is 11.5. The Morgan fingerprint density at radius 2 is 2.29 bits per heavy atom. The second-order valence-corrected chi connectivity index (χ2v) is 3.27. The van der Waals surface area contributed by atoms with Crippen molar-refractivity contribution < 1.29 is 19.6 Å². The molecule has 0 saturated carbocycles. The molecule has 17 heavy (non-hydrogen) atoms. The molecule has 0 radical (unpaired) electrons. The van der Waals surface area contributed by atoms with E-state index in [0.29, 0.717) is 0 Å². The smallest absolute Gasteiger partial charge is 0.389 e. The highest BCUT2D eigenvalue weighted by Gasteiger charge is 2.17. The van der Waals surface area contributed by atoms with Gasteiger partial charge in [0.25, 0.3) is 0 Å². The van der Waals surface area contributed by atoms with Gasteiger partial charge in [-0.3, -0.25) is 9.59 Å². The number of likely N-dealkylation sites (N-methyl/N-ethyl adjacent to an activating group) is 1. The monoisotopic (exact) mass is 242 g/mol. The fourth-order valence-corrected chi connectivity index (χ4v) is 1.09. The van der Waals surface area contributed by atoms with Crippen LogP contribution in [0.5, 0.6) is 0 Å². The van der Waals surface area contributed by atoms with Gasteiger partial charge in [-0.15, -0.1) is 0 Å². The fourth-order valence-electron chi connectivity index (χ4n) is 1.09. The predicted octanol–water partition coefficient (Wildman–Crippen LogP) is -0.666. The first kappa shape index (κ1) is 12.6. The number of carbonyl (C=O) groups excluding carboxylic acids is 1. The Labute approximate surface area is 95.4 Å². The molecule has 0 spiro atoms. The van der Waals surface area contributed by atoms with E-state index in [1.54, 1.807) is 0 Å². The third-order valence-electron chi connectivity index (χ3n) is 1.91. The molecule has 1 aromatic heterocycles. The van der Waals surface area contributed by atoms with Crippen molar-refractivity contribution in [3.63, 3.8) is 0 Å². The van der Waals surface area contributed by atoms with Gasteiger partial charge in [-0.25, -0.2) is 0 Å². The zero-order valence-corrected chi connectivity index (χ0v) is 8.94. The minimum Gasteiger partial charge on any atom is -0.480 e. The Bertz CT molecular complexity index is 455. The van der Waals surface area contributed by atoms with Crippen molar-refractivity contribution in [1.29, 1.82) is 0 Å². The van der Waals surface area contributed by atoms with Crippen LogP contribution in [0.3, 0.4) is 0 Å². The summed E-state index contributed by atoms with van der Waals surface area (Å²) in [4.78, 5) is 32.5. The number of aromatic nitrogens is 2. The van der Waals surface area contributed by atoms with Gasteiger partial charge >= 0.3 is 11.8 Å². The molecule has 1 N–H and O–H groups in total. The molecule has 0 atom stereocenters. The SMILES string of the molecule is CN(CC(=O)O)C(=O)Cn1ccc([N+](=O)[O-])n1. The summed E-state index contributed by atoms with van der Waals surface area (Å²) >= 11 is 0. The second kappa shape index (κ2) is 5.05. The quantitative estimate of drug-likeness (QED) is 0.540. The zero-order chi connectivity index (χ0) is 13.0. The van der Waals surface area contributed by atoms with E-state index in [4.69, 9.17) is 5.11 Å². The first-order valence-electron chi connectivity index (χ1n) is 4.53. The van der Waals surface area contributed by atoms with Crippen LogP contribution in [0.1, 0.15) is 0 Å². The van der Waals surface area contributed by atoms with Crippen LogP contribution in [0.15, 0.2) is 12.3 Å². The number of rotatable bonds is 5.